The number of rotatable bonds is 5. The Morgan fingerprint density at radius 2 is 1.97 bits per heavy atom. The molecule has 4 rings (SSSR count). The Labute approximate surface area is 182 Å². The fourth-order valence-electron chi connectivity index (χ4n) is 3.31. The second-order valence-corrected chi connectivity index (χ2v) is 9.94. The Bertz CT molecular complexity index is 1310. The number of nitrogens with zero attached hydrogens (tertiary/aromatic N) is 3. The Morgan fingerprint density at radius 1 is 1.19 bits per heavy atom. The van der Waals surface area contributed by atoms with Crippen molar-refractivity contribution in [2.75, 3.05) is 19.0 Å². The molecule has 1 aliphatic heterocycles. The van der Waals surface area contributed by atoms with Crippen LogP contribution in [-0.4, -0.2) is 37.7 Å². The lowest BCUT2D eigenvalue weighted by Crippen LogP contribution is -2.27. The molecule has 0 fully saturated rings. The van der Waals surface area contributed by atoms with Crippen molar-refractivity contribution < 1.29 is 22.0 Å². The van der Waals surface area contributed by atoms with Gasteiger partial charge < -0.3 is 4.90 Å². The van der Waals surface area contributed by atoms with Crippen LogP contribution in [0.2, 0.25) is 0 Å². The number of anilines is 1. The fraction of sp³-hybridized carbons (Fsp3) is 0.143. The van der Waals surface area contributed by atoms with Crippen molar-refractivity contribution in [1.82, 2.24) is 9.29 Å². The van der Waals surface area contributed by atoms with Crippen LogP contribution in [0.5, 0.6) is 0 Å². The van der Waals surface area contributed by atoms with E-state index in [1.807, 2.05) is 0 Å². The lowest BCUT2D eigenvalue weighted by molar-refractivity contribution is -0.112. The summed E-state index contributed by atoms with van der Waals surface area (Å²) in [7, 11) is -1.08. The summed E-state index contributed by atoms with van der Waals surface area (Å²) < 4.78 is 54.3. The summed E-state index contributed by atoms with van der Waals surface area (Å²) in [4.78, 5) is 18.3. The third kappa shape index (κ3) is 3.89. The largest absolute Gasteiger partial charge is 0.311 e. The number of halogens is 2. The molecule has 1 aliphatic rings. The zero-order valence-corrected chi connectivity index (χ0v) is 18.2. The monoisotopic (exact) mass is 461 g/mol. The highest BCUT2D eigenvalue weighted by Crippen LogP contribution is 2.38. The van der Waals surface area contributed by atoms with Crippen LogP contribution in [0.3, 0.4) is 0 Å². The average molecular weight is 462 g/mol. The minimum Gasteiger partial charge on any atom is -0.311 e. The van der Waals surface area contributed by atoms with Crippen molar-refractivity contribution in [3.05, 3.63) is 75.7 Å². The van der Waals surface area contributed by atoms with Gasteiger partial charge >= 0.3 is 0 Å². The topological polar surface area (TPSA) is 70.6 Å². The smallest absolute Gasteiger partial charge is 0.258 e. The van der Waals surface area contributed by atoms with E-state index in [1.54, 1.807) is 30.8 Å². The van der Waals surface area contributed by atoms with Crippen LogP contribution in [0.1, 0.15) is 16.1 Å². The van der Waals surface area contributed by atoms with Crippen molar-refractivity contribution in [1.29, 1.82) is 0 Å². The molecule has 10 heteroatoms. The lowest BCUT2D eigenvalue weighted by atomic mass is 10.1. The molecule has 0 atom stereocenters. The van der Waals surface area contributed by atoms with Crippen LogP contribution >= 0.6 is 11.3 Å². The number of thiazole rings is 1. The van der Waals surface area contributed by atoms with Crippen LogP contribution < -0.4 is 4.90 Å². The van der Waals surface area contributed by atoms with Gasteiger partial charge in [0.05, 0.1) is 16.2 Å². The summed E-state index contributed by atoms with van der Waals surface area (Å²) >= 11 is 1.36. The molecule has 160 valence electrons. The summed E-state index contributed by atoms with van der Waals surface area (Å²) in [6.07, 6.45) is 3.24. The lowest BCUT2D eigenvalue weighted by Gasteiger charge is -2.18. The molecule has 2 heterocycles. The number of benzene rings is 2. The highest BCUT2D eigenvalue weighted by atomic mass is 32.2. The maximum Gasteiger partial charge on any atom is 0.258 e. The van der Waals surface area contributed by atoms with Crippen LogP contribution in [0.25, 0.3) is 11.6 Å². The molecule has 0 saturated heterocycles. The van der Waals surface area contributed by atoms with E-state index in [0.29, 0.717) is 27.9 Å². The summed E-state index contributed by atoms with van der Waals surface area (Å²) in [5, 5.41) is 2.41. The molecular weight excluding hydrogens is 444 g/mol. The van der Waals surface area contributed by atoms with Gasteiger partial charge in [-0.3, -0.25) is 4.79 Å². The van der Waals surface area contributed by atoms with E-state index in [0.717, 1.165) is 10.4 Å². The van der Waals surface area contributed by atoms with E-state index < -0.39 is 21.7 Å². The van der Waals surface area contributed by atoms with Crippen LogP contribution in [0.4, 0.5) is 14.5 Å². The SMILES string of the molecule is CN1C(=O)/C(=C/c2nccs2)c2cc(S(=O)(=O)N(C)Cc3ccc(F)cc3F)ccc21. The number of hydrogen-bond donors (Lipinski definition) is 0. The Kier molecular flexibility index (Phi) is 5.46. The molecule has 6 nitrogen and oxygen atoms in total. The van der Waals surface area contributed by atoms with E-state index in [-0.39, 0.29) is 22.9 Å². The highest BCUT2D eigenvalue weighted by molar-refractivity contribution is 7.89. The van der Waals surface area contributed by atoms with Crippen molar-refractivity contribution in [2.45, 2.75) is 11.4 Å². The molecule has 3 aromatic rings. The molecule has 1 aromatic heterocycles. The molecule has 0 N–H and O–H groups in total. The Hall–Kier alpha value is -2.95. The summed E-state index contributed by atoms with van der Waals surface area (Å²) in [5.41, 5.74) is 1.45. The fourth-order valence-corrected chi connectivity index (χ4v) is 5.06. The van der Waals surface area contributed by atoms with Crippen LogP contribution in [-0.2, 0) is 21.4 Å². The Morgan fingerprint density at radius 3 is 2.65 bits per heavy atom. The van der Waals surface area contributed by atoms with E-state index in [1.165, 1.54) is 41.5 Å². The van der Waals surface area contributed by atoms with E-state index >= 15 is 0 Å². The van der Waals surface area contributed by atoms with Crippen molar-refractivity contribution in [2.24, 2.45) is 0 Å². The zero-order valence-electron chi connectivity index (χ0n) is 16.5. The van der Waals surface area contributed by atoms with E-state index in [2.05, 4.69) is 4.98 Å². The minimum absolute atomic E-state index is 0.0376. The quantitative estimate of drug-likeness (QED) is 0.543. The predicted octanol–water partition coefficient (Wildman–Crippen LogP) is 3.76. The zero-order chi connectivity index (χ0) is 22.3. The highest BCUT2D eigenvalue weighted by Gasteiger charge is 2.32. The second-order valence-electron chi connectivity index (χ2n) is 6.97. The Balaban J connectivity index is 1.70. The van der Waals surface area contributed by atoms with Crippen molar-refractivity contribution >= 4 is 44.6 Å². The number of hydrogen-bond acceptors (Lipinski definition) is 5. The summed E-state index contributed by atoms with van der Waals surface area (Å²) in [6, 6.07) is 7.40. The molecule has 31 heavy (non-hydrogen) atoms. The predicted molar refractivity (Wildman–Crippen MR) is 115 cm³/mol. The first-order valence-electron chi connectivity index (χ1n) is 9.12. The first-order valence-corrected chi connectivity index (χ1v) is 11.4. The van der Waals surface area contributed by atoms with E-state index in [4.69, 9.17) is 0 Å². The molecule has 0 unspecified atom stereocenters. The van der Waals surface area contributed by atoms with Gasteiger partial charge in [-0.25, -0.2) is 22.2 Å². The summed E-state index contributed by atoms with van der Waals surface area (Å²) in [5.74, 6) is -1.82. The number of likely N-dealkylation sites (N-methyl/N-ethyl adjacent to an activating group) is 1. The molecule has 0 bridgehead atoms. The summed E-state index contributed by atoms with van der Waals surface area (Å²) in [6.45, 7) is -0.272. The number of carbonyl (C=O) groups is 1. The third-order valence-corrected chi connectivity index (χ3v) is 7.51. The van der Waals surface area contributed by atoms with Crippen molar-refractivity contribution in [3.63, 3.8) is 0 Å². The van der Waals surface area contributed by atoms with Gasteiger partial charge in [-0.05, 0) is 30.3 Å². The average Bonchev–Trinajstić information content (AvgIpc) is 3.33. The van der Waals surface area contributed by atoms with Gasteiger partial charge in [-0.15, -0.1) is 11.3 Å². The molecule has 1 amide bonds. The van der Waals surface area contributed by atoms with E-state index in [9.17, 15) is 22.0 Å². The van der Waals surface area contributed by atoms with Gasteiger partial charge in [0.15, 0.2) is 0 Å². The maximum absolute atomic E-state index is 14.0. The molecule has 0 aliphatic carbocycles. The van der Waals surface area contributed by atoms with Gasteiger partial charge in [0.25, 0.3) is 5.91 Å². The van der Waals surface area contributed by atoms with Crippen molar-refractivity contribution in [3.8, 4) is 0 Å². The molecule has 0 saturated carbocycles. The second kappa shape index (κ2) is 7.95. The molecule has 2 aromatic carbocycles. The van der Waals surface area contributed by atoms with Gasteiger partial charge in [-0.2, -0.15) is 4.31 Å². The van der Waals surface area contributed by atoms with Gasteiger partial charge in [0.2, 0.25) is 10.0 Å². The molecule has 0 radical (unpaired) electrons. The number of fused-ring (bicyclic) bond motifs is 1. The van der Waals surface area contributed by atoms with Crippen LogP contribution in [0, 0.1) is 11.6 Å². The number of sulfonamides is 1. The van der Waals surface area contributed by atoms with Gasteiger partial charge in [-0.1, -0.05) is 6.07 Å². The number of aromatic nitrogens is 1. The first kappa shape index (κ1) is 21.3. The minimum atomic E-state index is -4.00. The molecule has 0 spiro atoms. The van der Waals surface area contributed by atoms with Gasteiger partial charge in [0, 0.05) is 49.4 Å². The first-order chi connectivity index (χ1) is 14.7. The number of amides is 1. The normalized spacial score (nSPS) is 15.2. The maximum atomic E-state index is 14.0. The van der Waals surface area contributed by atoms with Gasteiger partial charge in [0.1, 0.15) is 16.6 Å². The number of carbonyl (C=O) groups excluding carboxylic acids is 1. The third-order valence-electron chi connectivity index (χ3n) is 4.99. The standard InChI is InChI=1S/C21H17F2N3O3S2/c1-25(12-13-3-4-14(22)9-18(13)23)31(28,29)15-5-6-19-16(10-15)17(21(27)26(19)2)11-20-24-7-8-30-20/h3-11H,12H2,1-2H3/b17-11+. The molecular formula is C21H17F2N3O3S2. The van der Waals surface area contributed by atoms with Crippen LogP contribution in [0.15, 0.2) is 52.9 Å².